The van der Waals surface area contributed by atoms with Crippen LogP contribution in [0.1, 0.15) is 6.92 Å². The van der Waals surface area contributed by atoms with Gasteiger partial charge in [-0.3, -0.25) is 18.5 Å². The van der Waals surface area contributed by atoms with E-state index in [1.54, 1.807) is 0 Å². The van der Waals surface area contributed by atoms with Gasteiger partial charge in [0.25, 0.3) is 20.2 Å². The summed E-state index contributed by atoms with van der Waals surface area (Å²) in [5, 5.41) is 27.3. The highest BCUT2D eigenvalue weighted by molar-refractivity contribution is 7.94. The molecule has 1 heterocycles. The minimum atomic E-state index is -5.09. The van der Waals surface area contributed by atoms with Crippen molar-refractivity contribution in [3.05, 3.63) is 65.9 Å². The van der Waals surface area contributed by atoms with Gasteiger partial charge in [0, 0.05) is 29.0 Å². The number of azo groups is 1. The van der Waals surface area contributed by atoms with Gasteiger partial charge in [0.2, 0.25) is 23.1 Å². The summed E-state index contributed by atoms with van der Waals surface area (Å²) in [4.78, 5) is 22.6. The number of hydrogen-bond acceptors (Lipinski definition) is 22. The van der Waals surface area contributed by atoms with Crippen LogP contribution in [-0.4, -0.2) is 92.9 Å². The summed E-state index contributed by atoms with van der Waals surface area (Å²) < 4.78 is 139. The third-order valence-corrected chi connectivity index (χ3v) is 12.1. The molecule has 5 rings (SSSR count). The van der Waals surface area contributed by atoms with Gasteiger partial charge in [-0.1, -0.05) is 5.04 Å². The van der Waals surface area contributed by atoms with Gasteiger partial charge < -0.3 is 20.7 Å². The monoisotopic (exact) mass is 966 g/mol. The second kappa shape index (κ2) is 18.8. The van der Waals surface area contributed by atoms with E-state index in [4.69, 9.17) is 26.1 Å². The van der Waals surface area contributed by atoms with E-state index in [0.29, 0.717) is 12.0 Å². The molecule has 25 nitrogen and oxygen atoms in total. The smallest absolute Gasteiger partial charge is 0.397 e. The third kappa shape index (κ3) is 12.7. The van der Waals surface area contributed by atoms with E-state index in [1.807, 2.05) is 0 Å². The van der Waals surface area contributed by atoms with E-state index < -0.39 is 74.2 Å². The van der Waals surface area contributed by atoms with Crippen molar-refractivity contribution in [3.63, 3.8) is 0 Å². The Kier molecular flexibility index (Phi) is 14.4. The molecule has 0 fully saturated rings. The van der Waals surface area contributed by atoms with Crippen LogP contribution in [0.5, 0.6) is 5.75 Å². The Morgan fingerprint density at radius 3 is 2.03 bits per heavy atom. The minimum absolute atomic E-state index is 0.00540. The number of anilines is 5. The Morgan fingerprint density at radius 2 is 1.44 bits per heavy atom. The summed E-state index contributed by atoms with van der Waals surface area (Å²) in [6, 6.07) is 11.4. The summed E-state index contributed by atoms with van der Waals surface area (Å²) in [6.45, 7) is 0.335. The van der Waals surface area contributed by atoms with Crippen LogP contribution in [-0.2, 0) is 58.8 Å². The van der Waals surface area contributed by atoms with E-state index in [-0.39, 0.29) is 66.2 Å². The quantitative estimate of drug-likeness (QED) is 0.0198. The first-order chi connectivity index (χ1) is 28.5. The highest BCUT2D eigenvalue weighted by atomic mass is 35.5. The van der Waals surface area contributed by atoms with Crippen LogP contribution in [0.3, 0.4) is 0 Å². The first kappa shape index (κ1) is 46.8. The molecule has 0 bridgehead atoms. The van der Waals surface area contributed by atoms with Gasteiger partial charge in [0.1, 0.15) is 26.9 Å². The molecule has 61 heavy (non-hydrogen) atoms. The predicted molar refractivity (Wildman–Crippen MR) is 213 cm³/mol. The molecule has 0 spiro atoms. The zero-order valence-electron chi connectivity index (χ0n) is 30.4. The second-order valence-electron chi connectivity index (χ2n) is 11.7. The Balaban J connectivity index is 1.48. The Labute approximate surface area is 353 Å². The number of nitrogens with one attached hydrogen (secondary N) is 3. The van der Waals surface area contributed by atoms with Gasteiger partial charge in [-0.2, -0.15) is 40.2 Å². The summed E-state index contributed by atoms with van der Waals surface area (Å²) in [7, 11) is -17.7. The SMILES string of the molecule is COc1cc(N=Nc2cc3c(S(=O)(=O)O)cc(SOOO)cc3cc2S(=O)(=O)O)c(NC(C)=O)cc1Nc1nc(Cl)nc(Nc2ccc(S(=O)(=O)CCOS(=O)(=O)O)cc2)n1. The normalized spacial score (nSPS) is 12.4. The minimum Gasteiger partial charge on any atom is -0.494 e. The number of rotatable bonds is 18. The molecule has 7 N–H and O–H groups in total. The van der Waals surface area contributed by atoms with E-state index >= 15 is 0 Å². The molecule has 0 aliphatic heterocycles. The molecular formula is C30H27ClN8O17S5. The number of benzene rings is 4. The van der Waals surface area contributed by atoms with Crippen molar-refractivity contribution >= 4 is 121 Å². The van der Waals surface area contributed by atoms with Gasteiger partial charge in [-0.25, -0.2) is 17.9 Å². The highest BCUT2D eigenvalue weighted by Crippen LogP contribution is 2.41. The van der Waals surface area contributed by atoms with Crippen LogP contribution in [0.25, 0.3) is 10.8 Å². The van der Waals surface area contributed by atoms with Crippen molar-refractivity contribution in [3.8, 4) is 5.75 Å². The van der Waals surface area contributed by atoms with Crippen LogP contribution < -0.4 is 20.7 Å². The molecule has 0 saturated heterocycles. The highest BCUT2D eigenvalue weighted by Gasteiger charge is 2.24. The first-order valence-electron chi connectivity index (χ1n) is 16.0. The van der Waals surface area contributed by atoms with Crippen LogP contribution in [0, 0.1) is 0 Å². The predicted octanol–water partition coefficient (Wildman–Crippen LogP) is 5.06. The van der Waals surface area contributed by atoms with Crippen molar-refractivity contribution < 1.29 is 75.7 Å². The van der Waals surface area contributed by atoms with Gasteiger partial charge >= 0.3 is 10.4 Å². The summed E-state index contributed by atoms with van der Waals surface area (Å²) >= 11 is 6.45. The lowest BCUT2D eigenvalue weighted by atomic mass is 10.1. The zero-order valence-corrected chi connectivity index (χ0v) is 35.3. The van der Waals surface area contributed by atoms with Gasteiger partial charge in [0.15, 0.2) is 9.84 Å². The van der Waals surface area contributed by atoms with E-state index in [0.717, 1.165) is 25.1 Å². The number of amides is 1. The average molecular weight is 967 g/mol. The van der Waals surface area contributed by atoms with Crippen molar-refractivity contribution in [2.24, 2.45) is 10.2 Å². The van der Waals surface area contributed by atoms with E-state index in [9.17, 15) is 47.6 Å². The van der Waals surface area contributed by atoms with Crippen LogP contribution in [0.2, 0.25) is 5.28 Å². The first-order valence-corrected chi connectivity index (χ1v) is 23.0. The fourth-order valence-corrected chi connectivity index (χ4v) is 8.60. The summed E-state index contributed by atoms with van der Waals surface area (Å²) in [6.07, 6.45) is 0. The lowest BCUT2D eigenvalue weighted by Gasteiger charge is -2.15. The second-order valence-corrected chi connectivity index (χ2v) is 18.8. The number of nitrogens with zero attached hydrogens (tertiary/aromatic N) is 5. The summed E-state index contributed by atoms with van der Waals surface area (Å²) in [5.41, 5.74) is -0.512. The number of methoxy groups -OCH3 is 1. The Hall–Kier alpha value is -5.22. The number of carbonyl (C=O) groups is 1. The largest absolute Gasteiger partial charge is 0.494 e. The van der Waals surface area contributed by atoms with E-state index in [2.05, 4.69) is 54.7 Å². The fraction of sp³-hybridized carbons (Fsp3) is 0.133. The number of aromatic nitrogens is 3. The number of fused-ring (bicyclic) bond motifs is 1. The van der Waals surface area contributed by atoms with Crippen LogP contribution in [0.4, 0.5) is 40.3 Å². The number of hydrogen-bond donors (Lipinski definition) is 7. The molecule has 1 aromatic heterocycles. The van der Waals surface area contributed by atoms with Crippen molar-refractivity contribution in [1.82, 2.24) is 15.0 Å². The van der Waals surface area contributed by atoms with Crippen molar-refractivity contribution in [2.45, 2.75) is 26.5 Å². The lowest BCUT2D eigenvalue weighted by molar-refractivity contribution is -0.432. The van der Waals surface area contributed by atoms with Crippen LogP contribution in [0.15, 0.2) is 90.5 Å². The molecule has 0 radical (unpaired) electrons. The maximum atomic E-state index is 12.5. The third-order valence-electron chi connectivity index (χ3n) is 7.49. The molecule has 5 aromatic rings. The fourth-order valence-electron chi connectivity index (χ4n) is 5.06. The Bertz CT molecular complexity index is 3000. The topological polar surface area (TPSA) is 371 Å². The number of halogens is 1. The molecule has 0 unspecified atom stereocenters. The Morgan fingerprint density at radius 1 is 0.803 bits per heavy atom. The zero-order chi connectivity index (χ0) is 44.9. The lowest BCUT2D eigenvalue weighted by Crippen LogP contribution is -2.15. The molecule has 1 amide bonds. The molecule has 326 valence electrons. The average Bonchev–Trinajstić information content (AvgIpc) is 3.14. The van der Waals surface area contributed by atoms with Crippen molar-refractivity contribution in [2.75, 3.05) is 35.4 Å². The number of sulfone groups is 1. The van der Waals surface area contributed by atoms with Gasteiger partial charge in [0.05, 0.1) is 47.8 Å². The van der Waals surface area contributed by atoms with Crippen molar-refractivity contribution in [1.29, 1.82) is 0 Å². The number of ether oxygens (including phenoxy) is 1. The van der Waals surface area contributed by atoms with Gasteiger partial charge in [-0.05, 0) is 71.6 Å². The molecule has 0 atom stereocenters. The molecular weight excluding hydrogens is 940 g/mol. The van der Waals surface area contributed by atoms with E-state index in [1.165, 1.54) is 49.6 Å². The molecule has 31 heteroatoms. The molecule has 0 aliphatic rings. The molecule has 4 aromatic carbocycles. The van der Waals surface area contributed by atoms with Gasteiger partial charge in [-0.15, -0.1) is 14.6 Å². The van der Waals surface area contributed by atoms with Crippen LogP contribution >= 0.6 is 23.6 Å². The maximum Gasteiger partial charge on any atom is 0.397 e. The number of carbonyl (C=O) groups excluding carboxylic acids is 1. The summed E-state index contributed by atoms with van der Waals surface area (Å²) in [5.74, 6) is -1.71. The molecule has 0 aliphatic carbocycles. The maximum absolute atomic E-state index is 12.5. The standard InChI is InChI=1S/C30H27ClN8O17S5/c1-15(40)32-21-13-23(34-30-36-28(31)35-29(37-30)33-17-3-5-19(6-4-17)58(42,43)8-7-54-61(50,51)52)25(53-2)14-22(21)38-39-24-12-20-16(10-27(24)60(47,48)49)9-18(57-56-55-41)11-26(20)59(44,45)46/h3-6,9-14,41H,7-8H2,1-2H3,(H,32,40)(H,44,45,46)(H,47,48,49)(H,50,51,52)(H2,33,34,35,36,37). The molecule has 0 saturated carbocycles.